The fourth-order valence-corrected chi connectivity index (χ4v) is 2.91. The molecule has 1 aliphatic heterocycles. The molecule has 25 heavy (non-hydrogen) atoms. The fraction of sp³-hybridized carbons (Fsp3) is 0.300. The normalized spacial score (nSPS) is 17.1. The summed E-state index contributed by atoms with van der Waals surface area (Å²) in [4.78, 5) is 26.3. The predicted octanol–water partition coefficient (Wildman–Crippen LogP) is 3.45. The fourth-order valence-electron chi connectivity index (χ4n) is 2.91. The Morgan fingerprint density at radius 1 is 1.08 bits per heavy atom. The van der Waals surface area contributed by atoms with Crippen LogP contribution in [-0.2, 0) is 9.59 Å². The number of imide groups is 1. The zero-order valence-corrected chi connectivity index (χ0v) is 14.7. The summed E-state index contributed by atoms with van der Waals surface area (Å²) in [5.41, 5.74) is 3.76. The topological polar surface area (TPSA) is 58.6 Å². The van der Waals surface area contributed by atoms with Gasteiger partial charge >= 0.3 is 0 Å². The van der Waals surface area contributed by atoms with Gasteiger partial charge in [-0.2, -0.15) is 0 Å². The van der Waals surface area contributed by atoms with Crippen molar-refractivity contribution in [3.63, 3.8) is 0 Å². The smallest absolute Gasteiger partial charge is 0.256 e. The van der Waals surface area contributed by atoms with E-state index in [9.17, 15) is 9.59 Å². The molecule has 2 aromatic carbocycles. The van der Waals surface area contributed by atoms with E-state index in [2.05, 4.69) is 5.32 Å². The first-order valence-electron chi connectivity index (χ1n) is 8.43. The van der Waals surface area contributed by atoms with Crippen molar-refractivity contribution >= 4 is 23.2 Å². The molecule has 1 fully saturated rings. The molecule has 0 saturated carbocycles. The van der Waals surface area contributed by atoms with Crippen LogP contribution < -0.4 is 15.0 Å². The number of carbonyl (C=O) groups is 2. The molecule has 0 aliphatic carbocycles. The second-order valence-electron chi connectivity index (χ2n) is 6.19. The van der Waals surface area contributed by atoms with Crippen molar-refractivity contribution in [1.29, 1.82) is 0 Å². The highest BCUT2D eigenvalue weighted by atomic mass is 16.5. The van der Waals surface area contributed by atoms with Crippen LogP contribution in [0.1, 0.15) is 24.5 Å². The van der Waals surface area contributed by atoms with Gasteiger partial charge in [0, 0.05) is 5.69 Å². The summed E-state index contributed by atoms with van der Waals surface area (Å²) in [6, 6.07) is 12.4. The van der Waals surface area contributed by atoms with Gasteiger partial charge in [-0.3, -0.25) is 9.59 Å². The lowest BCUT2D eigenvalue weighted by Crippen LogP contribution is -2.34. The number of aryl methyl sites for hydroxylation is 2. The molecule has 1 saturated heterocycles. The minimum Gasteiger partial charge on any atom is -0.494 e. The maximum Gasteiger partial charge on any atom is 0.256 e. The number of ether oxygens (including phenoxy) is 1. The summed E-state index contributed by atoms with van der Waals surface area (Å²) in [6.07, 6.45) is 0.152. The highest BCUT2D eigenvalue weighted by molar-refractivity contribution is 6.23. The summed E-state index contributed by atoms with van der Waals surface area (Å²) in [6.45, 7) is 6.54. The van der Waals surface area contributed by atoms with Gasteiger partial charge in [-0.15, -0.1) is 0 Å². The van der Waals surface area contributed by atoms with E-state index in [4.69, 9.17) is 4.74 Å². The van der Waals surface area contributed by atoms with Crippen molar-refractivity contribution in [1.82, 2.24) is 0 Å². The van der Waals surface area contributed by atoms with Crippen LogP contribution in [0.4, 0.5) is 11.4 Å². The largest absolute Gasteiger partial charge is 0.494 e. The number of hydrogen-bond donors (Lipinski definition) is 1. The minimum atomic E-state index is -0.541. The maximum absolute atomic E-state index is 12.7. The molecular formula is C20H22N2O3. The van der Waals surface area contributed by atoms with Crippen LogP contribution in [0, 0.1) is 13.8 Å². The molecule has 0 spiro atoms. The molecular weight excluding hydrogens is 316 g/mol. The number of hydrogen-bond acceptors (Lipinski definition) is 4. The first-order valence-corrected chi connectivity index (χ1v) is 8.43. The maximum atomic E-state index is 12.7. The SMILES string of the molecule is CCOc1ccc(N2C(=O)C[C@@H](Nc3ccc(C)c(C)c3)C2=O)cc1. The van der Waals surface area contributed by atoms with Gasteiger partial charge in [-0.25, -0.2) is 4.90 Å². The second-order valence-corrected chi connectivity index (χ2v) is 6.19. The van der Waals surface area contributed by atoms with Crippen LogP contribution in [0.2, 0.25) is 0 Å². The van der Waals surface area contributed by atoms with Gasteiger partial charge in [-0.05, 0) is 68.3 Å². The molecule has 1 N–H and O–H groups in total. The van der Waals surface area contributed by atoms with Gasteiger partial charge in [0.15, 0.2) is 0 Å². The number of nitrogens with one attached hydrogen (secondary N) is 1. The first kappa shape index (κ1) is 17.0. The Balaban J connectivity index is 1.76. The summed E-state index contributed by atoms with van der Waals surface area (Å²) in [5, 5.41) is 3.18. The number of benzene rings is 2. The van der Waals surface area contributed by atoms with E-state index in [1.54, 1.807) is 24.3 Å². The quantitative estimate of drug-likeness (QED) is 0.849. The second kappa shape index (κ2) is 6.97. The summed E-state index contributed by atoms with van der Waals surface area (Å²) >= 11 is 0. The molecule has 3 rings (SSSR count). The minimum absolute atomic E-state index is 0.152. The van der Waals surface area contributed by atoms with Gasteiger partial charge in [0.1, 0.15) is 11.8 Å². The van der Waals surface area contributed by atoms with E-state index in [1.807, 2.05) is 39.0 Å². The Kier molecular flexibility index (Phi) is 4.74. The lowest BCUT2D eigenvalue weighted by molar-refractivity contribution is -0.121. The van der Waals surface area contributed by atoms with Crippen molar-refractivity contribution in [2.75, 3.05) is 16.8 Å². The number of amides is 2. The van der Waals surface area contributed by atoms with Crippen LogP contribution in [0.5, 0.6) is 5.75 Å². The van der Waals surface area contributed by atoms with Crippen molar-refractivity contribution in [2.45, 2.75) is 33.2 Å². The Labute approximate surface area is 147 Å². The Bertz CT molecular complexity index is 799. The standard InChI is InChI=1S/C20H22N2O3/c1-4-25-17-9-7-16(8-10-17)22-19(23)12-18(20(22)24)21-15-6-5-13(2)14(3)11-15/h5-11,18,21H,4,12H2,1-3H3/t18-/m1/s1. The highest BCUT2D eigenvalue weighted by Crippen LogP contribution is 2.27. The van der Waals surface area contributed by atoms with E-state index >= 15 is 0 Å². The number of carbonyl (C=O) groups excluding carboxylic acids is 2. The highest BCUT2D eigenvalue weighted by Gasteiger charge is 2.39. The number of nitrogens with zero attached hydrogens (tertiary/aromatic N) is 1. The lowest BCUT2D eigenvalue weighted by atomic mass is 10.1. The third-order valence-corrected chi connectivity index (χ3v) is 4.40. The van der Waals surface area contributed by atoms with Gasteiger partial charge in [0.05, 0.1) is 18.7 Å². The molecule has 1 aliphatic rings. The van der Waals surface area contributed by atoms with E-state index in [0.717, 1.165) is 17.0 Å². The van der Waals surface area contributed by atoms with Crippen molar-refractivity contribution in [3.8, 4) is 5.75 Å². The molecule has 0 aromatic heterocycles. The molecule has 0 unspecified atom stereocenters. The van der Waals surface area contributed by atoms with Crippen molar-refractivity contribution in [3.05, 3.63) is 53.6 Å². The van der Waals surface area contributed by atoms with Crippen LogP contribution in [-0.4, -0.2) is 24.5 Å². The van der Waals surface area contributed by atoms with Gasteiger partial charge in [-0.1, -0.05) is 6.07 Å². The van der Waals surface area contributed by atoms with Crippen LogP contribution in [0.3, 0.4) is 0 Å². The molecule has 0 radical (unpaired) electrons. The third-order valence-electron chi connectivity index (χ3n) is 4.40. The predicted molar refractivity (Wildman–Crippen MR) is 98.0 cm³/mol. The molecule has 130 valence electrons. The summed E-state index contributed by atoms with van der Waals surface area (Å²) in [5.74, 6) is 0.290. The van der Waals surface area contributed by atoms with Crippen molar-refractivity contribution in [2.24, 2.45) is 0 Å². The van der Waals surface area contributed by atoms with E-state index in [1.165, 1.54) is 10.5 Å². The number of anilines is 2. The van der Waals surface area contributed by atoms with Gasteiger partial charge in [0.25, 0.3) is 5.91 Å². The Morgan fingerprint density at radius 3 is 2.44 bits per heavy atom. The average molecular weight is 338 g/mol. The summed E-state index contributed by atoms with van der Waals surface area (Å²) < 4.78 is 5.40. The van der Waals surface area contributed by atoms with Crippen molar-refractivity contribution < 1.29 is 14.3 Å². The molecule has 1 atom stereocenters. The first-order chi connectivity index (χ1) is 12.0. The van der Waals surface area contributed by atoms with Crippen LogP contribution in [0.15, 0.2) is 42.5 Å². The van der Waals surface area contributed by atoms with E-state index < -0.39 is 6.04 Å². The molecule has 1 heterocycles. The Hall–Kier alpha value is -2.82. The Morgan fingerprint density at radius 2 is 1.80 bits per heavy atom. The summed E-state index contributed by atoms with van der Waals surface area (Å²) in [7, 11) is 0. The molecule has 0 bridgehead atoms. The molecule has 5 nitrogen and oxygen atoms in total. The zero-order valence-electron chi connectivity index (χ0n) is 14.7. The van der Waals surface area contributed by atoms with E-state index in [0.29, 0.717) is 12.3 Å². The third kappa shape index (κ3) is 3.50. The monoisotopic (exact) mass is 338 g/mol. The number of rotatable bonds is 5. The van der Waals surface area contributed by atoms with Gasteiger partial charge in [0.2, 0.25) is 5.91 Å². The van der Waals surface area contributed by atoms with Crippen LogP contribution in [0.25, 0.3) is 0 Å². The van der Waals surface area contributed by atoms with Crippen LogP contribution >= 0.6 is 0 Å². The molecule has 2 amide bonds. The molecule has 2 aromatic rings. The molecule has 5 heteroatoms. The van der Waals surface area contributed by atoms with Gasteiger partial charge < -0.3 is 10.1 Å². The zero-order chi connectivity index (χ0) is 18.0. The van der Waals surface area contributed by atoms with E-state index in [-0.39, 0.29) is 18.2 Å². The average Bonchev–Trinajstić information content (AvgIpc) is 2.86. The lowest BCUT2D eigenvalue weighted by Gasteiger charge is -2.17.